The number of aliphatic hydroxyl groups excluding tert-OH is 1. The summed E-state index contributed by atoms with van der Waals surface area (Å²) in [6, 6.07) is 3.77. The molecule has 1 aliphatic carbocycles. The highest BCUT2D eigenvalue weighted by Crippen LogP contribution is 2.28. The zero-order valence-electron chi connectivity index (χ0n) is 11.5. The highest BCUT2D eigenvalue weighted by Gasteiger charge is 2.29. The van der Waals surface area contributed by atoms with Crippen molar-refractivity contribution in [3.8, 4) is 0 Å². The fourth-order valence-electron chi connectivity index (χ4n) is 2.28. The van der Waals surface area contributed by atoms with Gasteiger partial charge >= 0.3 is 12.0 Å². The monoisotopic (exact) mass is 312 g/mol. The van der Waals surface area contributed by atoms with E-state index in [0.29, 0.717) is 25.3 Å². The Morgan fingerprint density at radius 1 is 1.43 bits per heavy atom. The summed E-state index contributed by atoms with van der Waals surface area (Å²) in [6.45, 7) is 0.541. The van der Waals surface area contributed by atoms with Crippen molar-refractivity contribution in [2.45, 2.75) is 18.9 Å². The molecule has 114 valence electrons. The van der Waals surface area contributed by atoms with Gasteiger partial charge < -0.3 is 20.4 Å². The molecule has 1 aromatic rings. The van der Waals surface area contributed by atoms with E-state index in [-0.39, 0.29) is 28.4 Å². The van der Waals surface area contributed by atoms with Crippen LogP contribution in [0.25, 0.3) is 0 Å². The van der Waals surface area contributed by atoms with Crippen LogP contribution in [0.2, 0.25) is 5.02 Å². The fraction of sp³-hybridized carbons (Fsp3) is 0.429. The molecule has 0 spiro atoms. The number of carbonyl (C=O) groups excluding carboxylic acids is 1. The Kier molecular flexibility index (Phi) is 4.69. The number of carboxylic acid groups (broad SMARTS) is 1. The molecule has 0 unspecified atom stereocenters. The van der Waals surface area contributed by atoms with Crippen molar-refractivity contribution in [3.63, 3.8) is 0 Å². The van der Waals surface area contributed by atoms with Gasteiger partial charge in [0.15, 0.2) is 0 Å². The SMILES string of the molecule is CN(CC1CC(O)C1)C(=O)Nc1cc(C(=O)O)ccc1Cl. The molecule has 1 aliphatic rings. The van der Waals surface area contributed by atoms with Crippen LogP contribution >= 0.6 is 11.6 Å². The quantitative estimate of drug-likeness (QED) is 0.795. The van der Waals surface area contributed by atoms with E-state index in [2.05, 4.69) is 5.32 Å². The third-order valence-corrected chi connectivity index (χ3v) is 3.87. The minimum Gasteiger partial charge on any atom is -0.478 e. The van der Waals surface area contributed by atoms with Crippen LogP contribution in [0.4, 0.5) is 10.5 Å². The van der Waals surface area contributed by atoms with Crippen LogP contribution in [0.5, 0.6) is 0 Å². The second kappa shape index (κ2) is 6.32. The van der Waals surface area contributed by atoms with Crippen LogP contribution in [-0.2, 0) is 0 Å². The first-order valence-electron chi connectivity index (χ1n) is 6.60. The molecule has 1 saturated carbocycles. The second-order valence-electron chi connectivity index (χ2n) is 5.30. The summed E-state index contributed by atoms with van der Waals surface area (Å²) in [5.41, 5.74) is 0.321. The van der Waals surface area contributed by atoms with Crippen molar-refractivity contribution in [2.75, 3.05) is 18.9 Å². The first-order chi connectivity index (χ1) is 9.86. The highest BCUT2D eigenvalue weighted by atomic mass is 35.5. The van der Waals surface area contributed by atoms with Crippen molar-refractivity contribution in [3.05, 3.63) is 28.8 Å². The molecule has 0 heterocycles. The van der Waals surface area contributed by atoms with Crippen molar-refractivity contribution in [2.24, 2.45) is 5.92 Å². The lowest BCUT2D eigenvalue weighted by atomic mass is 9.82. The average Bonchev–Trinajstić information content (AvgIpc) is 2.39. The molecule has 0 aliphatic heterocycles. The molecule has 2 rings (SSSR count). The first-order valence-corrected chi connectivity index (χ1v) is 6.97. The minimum absolute atomic E-state index is 0.0551. The number of aromatic carboxylic acids is 1. The van der Waals surface area contributed by atoms with Gasteiger partial charge in [0.05, 0.1) is 22.4 Å². The maximum atomic E-state index is 12.0. The predicted molar refractivity (Wildman–Crippen MR) is 78.8 cm³/mol. The maximum absolute atomic E-state index is 12.0. The molecular formula is C14H17ClN2O4. The average molecular weight is 313 g/mol. The lowest BCUT2D eigenvalue weighted by Crippen LogP contribution is -2.41. The lowest BCUT2D eigenvalue weighted by molar-refractivity contribution is 0.0332. The number of benzene rings is 1. The molecule has 0 bridgehead atoms. The van der Waals surface area contributed by atoms with Crippen molar-refractivity contribution in [1.82, 2.24) is 4.90 Å². The number of urea groups is 1. The van der Waals surface area contributed by atoms with Crippen LogP contribution in [0, 0.1) is 5.92 Å². The smallest absolute Gasteiger partial charge is 0.335 e. The molecule has 6 nitrogen and oxygen atoms in total. The van der Waals surface area contributed by atoms with Gasteiger partial charge in [0.1, 0.15) is 0 Å². The number of carbonyl (C=O) groups is 2. The van der Waals surface area contributed by atoms with E-state index < -0.39 is 5.97 Å². The van der Waals surface area contributed by atoms with Gasteiger partial charge in [-0.3, -0.25) is 0 Å². The van der Waals surface area contributed by atoms with Crippen LogP contribution in [0.3, 0.4) is 0 Å². The summed E-state index contributed by atoms with van der Waals surface area (Å²) in [5.74, 6) is -0.782. The number of aliphatic hydroxyl groups is 1. The highest BCUT2D eigenvalue weighted by molar-refractivity contribution is 6.33. The van der Waals surface area contributed by atoms with E-state index in [9.17, 15) is 14.7 Å². The Morgan fingerprint density at radius 2 is 2.10 bits per heavy atom. The van der Waals surface area contributed by atoms with Gasteiger partial charge in [-0.2, -0.15) is 0 Å². The number of carboxylic acids is 1. The Morgan fingerprint density at radius 3 is 2.67 bits per heavy atom. The summed E-state index contributed by atoms with van der Waals surface area (Å²) >= 11 is 5.95. The van der Waals surface area contributed by atoms with E-state index in [0.717, 1.165) is 0 Å². The third-order valence-electron chi connectivity index (χ3n) is 3.54. The summed E-state index contributed by atoms with van der Waals surface area (Å²) in [4.78, 5) is 24.5. The molecule has 1 aromatic carbocycles. The van der Waals surface area contributed by atoms with Gasteiger partial charge in [0.2, 0.25) is 0 Å². The number of hydrogen-bond acceptors (Lipinski definition) is 3. The first kappa shape index (κ1) is 15.6. The van der Waals surface area contributed by atoms with Gasteiger partial charge in [0, 0.05) is 13.6 Å². The van der Waals surface area contributed by atoms with Crippen molar-refractivity contribution < 1.29 is 19.8 Å². The maximum Gasteiger partial charge on any atom is 0.335 e. The number of hydrogen-bond donors (Lipinski definition) is 3. The summed E-state index contributed by atoms with van der Waals surface area (Å²) in [7, 11) is 1.65. The zero-order valence-corrected chi connectivity index (χ0v) is 12.3. The molecule has 0 radical (unpaired) electrons. The van der Waals surface area contributed by atoms with E-state index in [4.69, 9.17) is 16.7 Å². The molecular weight excluding hydrogens is 296 g/mol. The number of amides is 2. The van der Waals surface area contributed by atoms with E-state index >= 15 is 0 Å². The lowest BCUT2D eigenvalue weighted by Gasteiger charge is -2.34. The number of nitrogens with zero attached hydrogens (tertiary/aromatic N) is 1. The molecule has 7 heteroatoms. The summed E-state index contributed by atoms with van der Waals surface area (Å²) < 4.78 is 0. The van der Waals surface area contributed by atoms with Gasteiger partial charge in [0.25, 0.3) is 0 Å². The predicted octanol–water partition coefficient (Wildman–Crippen LogP) is 2.27. The topological polar surface area (TPSA) is 89.9 Å². The Bertz CT molecular complexity index is 558. The Hall–Kier alpha value is -1.79. The van der Waals surface area contributed by atoms with E-state index in [1.165, 1.54) is 23.1 Å². The molecule has 0 atom stereocenters. The minimum atomic E-state index is -1.08. The van der Waals surface area contributed by atoms with Crippen LogP contribution in [0.1, 0.15) is 23.2 Å². The summed E-state index contributed by atoms with van der Waals surface area (Å²) in [6.07, 6.45) is 1.15. The fourth-order valence-corrected chi connectivity index (χ4v) is 2.45. The van der Waals surface area contributed by atoms with Gasteiger partial charge in [-0.1, -0.05) is 11.6 Å². The van der Waals surface area contributed by atoms with Crippen LogP contribution < -0.4 is 5.32 Å². The largest absolute Gasteiger partial charge is 0.478 e. The summed E-state index contributed by atoms with van der Waals surface area (Å²) in [5, 5.41) is 21.0. The third kappa shape index (κ3) is 3.86. The molecule has 1 fully saturated rings. The second-order valence-corrected chi connectivity index (χ2v) is 5.71. The molecule has 0 saturated heterocycles. The number of rotatable bonds is 4. The van der Waals surface area contributed by atoms with E-state index in [1.807, 2.05) is 0 Å². The van der Waals surface area contributed by atoms with Gasteiger partial charge in [-0.25, -0.2) is 9.59 Å². The molecule has 2 amide bonds. The zero-order chi connectivity index (χ0) is 15.6. The van der Waals surface area contributed by atoms with Crippen LogP contribution in [0.15, 0.2) is 18.2 Å². The molecule has 0 aromatic heterocycles. The number of halogens is 1. The van der Waals surface area contributed by atoms with Crippen molar-refractivity contribution >= 4 is 29.3 Å². The standard InChI is InChI=1S/C14H17ClN2O4/c1-17(7-8-4-10(18)5-8)14(21)16-12-6-9(13(19)20)2-3-11(12)15/h2-3,6,8,10,18H,4-5,7H2,1H3,(H,16,21)(H,19,20). The Labute approximate surface area is 127 Å². The number of anilines is 1. The number of nitrogens with one attached hydrogen (secondary N) is 1. The van der Waals surface area contributed by atoms with E-state index in [1.54, 1.807) is 7.05 Å². The van der Waals surface area contributed by atoms with Gasteiger partial charge in [-0.05, 0) is 37.0 Å². The molecule has 3 N–H and O–H groups in total. The normalized spacial score (nSPS) is 20.5. The Balaban J connectivity index is 1.98. The molecule has 21 heavy (non-hydrogen) atoms. The van der Waals surface area contributed by atoms with Crippen LogP contribution in [-0.4, -0.2) is 46.8 Å². The van der Waals surface area contributed by atoms with Gasteiger partial charge in [-0.15, -0.1) is 0 Å². The van der Waals surface area contributed by atoms with Crippen molar-refractivity contribution in [1.29, 1.82) is 0 Å².